The van der Waals surface area contributed by atoms with Crippen LogP contribution in [0.1, 0.15) is 118 Å². The maximum absolute atomic E-state index is 13.1. The molecule has 0 heterocycles. The van der Waals surface area contributed by atoms with Gasteiger partial charge in [0.2, 0.25) is 0 Å². The van der Waals surface area contributed by atoms with Gasteiger partial charge in [-0.2, -0.15) is 21.6 Å². The minimum atomic E-state index is -5.67. The first-order valence-electron chi connectivity index (χ1n) is 17.6. The number of carbonyl (C=O) groups is 1. The van der Waals surface area contributed by atoms with Gasteiger partial charge < -0.3 is 8.92 Å². The molecule has 1 aromatic rings. The molecule has 0 bridgehead atoms. The van der Waals surface area contributed by atoms with Crippen molar-refractivity contribution in [3.05, 3.63) is 60.4 Å². The minimum absolute atomic E-state index is 0.0276. The molecule has 4 fully saturated rings. The molecule has 6 rings (SSSR count). The highest BCUT2D eigenvalue weighted by molar-refractivity contribution is 7.87. The first-order chi connectivity index (χ1) is 22.3. The molecule has 48 heavy (non-hydrogen) atoms. The van der Waals surface area contributed by atoms with Crippen molar-refractivity contribution in [3.8, 4) is 0 Å². The fraction of sp³-hybridized carbons (Fsp3) is 0.718. The molecule has 1 aromatic carbocycles. The number of hydrogen-bond acceptors (Lipinski definition) is 5. The minimum Gasteiger partial charge on any atom is -0.463 e. The van der Waals surface area contributed by atoms with Crippen molar-refractivity contribution < 1.29 is 35.3 Å². The van der Waals surface area contributed by atoms with E-state index in [1.165, 1.54) is 38.5 Å². The van der Waals surface area contributed by atoms with E-state index in [0.717, 1.165) is 36.7 Å². The Bertz CT molecular complexity index is 1440. The Kier molecular flexibility index (Phi) is 11.1. The van der Waals surface area contributed by atoms with Crippen LogP contribution in [0.15, 0.2) is 54.8 Å². The highest BCUT2D eigenvalue weighted by atomic mass is 32.2. The van der Waals surface area contributed by atoms with E-state index >= 15 is 0 Å². The van der Waals surface area contributed by atoms with Crippen molar-refractivity contribution in [2.45, 2.75) is 125 Å². The highest BCUT2D eigenvalue weighted by Crippen LogP contribution is 2.76. The summed E-state index contributed by atoms with van der Waals surface area (Å²) in [5, 5.41) is 0. The van der Waals surface area contributed by atoms with E-state index in [1.54, 1.807) is 12.2 Å². The zero-order chi connectivity index (χ0) is 35.8. The molecule has 0 spiro atoms. The monoisotopic (exact) mass is 694 g/mol. The molecule has 270 valence electrons. The van der Waals surface area contributed by atoms with Crippen LogP contribution in [0, 0.1) is 50.7 Å². The highest BCUT2D eigenvalue weighted by Gasteiger charge is 2.69. The van der Waals surface area contributed by atoms with Gasteiger partial charge in [-0.3, -0.25) is 4.79 Å². The summed E-state index contributed by atoms with van der Waals surface area (Å²) < 4.78 is 72.3. The van der Waals surface area contributed by atoms with Crippen LogP contribution in [-0.2, 0) is 30.4 Å². The van der Waals surface area contributed by atoms with E-state index in [2.05, 4.69) is 39.0 Å². The zero-order valence-corrected chi connectivity index (χ0v) is 30.8. The average molecular weight is 695 g/mol. The molecule has 0 radical (unpaired) electrons. The topological polar surface area (TPSA) is 69.7 Å². The van der Waals surface area contributed by atoms with Crippen LogP contribution in [0.5, 0.6) is 0 Å². The fourth-order valence-electron chi connectivity index (χ4n) is 11.5. The van der Waals surface area contributed by atoms with E-state index < -0.39 is 21.0 Å². The van der Waals surface area contributed by atoms with Crippen LogP contribution in [0.2, 0.25) is 0 Å². The van der Waals surface area contributed by atoms with Gasteiger partial charge >= 0.3 is 15.6 Å². The largest absolute Gasteiger partial charge is 0.534 e. The number of allylic oxidation sites excluding steroid dienone is 3. The average Bonchev–Trinajstić information content (AvgIpc) is 3.40. The molecule has 5 nitrogen and oxygen atoms in total. The second kappa shape index (κ2) is 13.8. The third kappa shape index (κ3) is 6.62. The molecule has 5 aliphatic rings. The Morgan fingerprint density at radius 2 is 1.52 bits per heavy atom. The standard InChI is InChI=1S/C28H43F3O3S.C8H8O2.C3H6/c1-23(2)20-11-15-27(6)21(25(20,4)14-12-22(23)34-35(32,33)28(29,30)31)10-9-19-18-8-7-13-24(18,3)16-17-26(19,27)5;9-7-10-6-8-4-2-1-3-5-8;1-3-2/h12,18-21H,7-11,13-17H2,1-6H3;1-5,7H,6H2;3H,1H2,2H3/t18?,19?,20?,21?,24?,25?,26-,27?;;/m1../s1. The molecule has 7 unspecified atom stereocenters. The molecule has 8 atom stereocenters. The normalized spacial score (nSPS) is 38.0. The van der Waals surface area contributed by atoms with Gasteiger partial charge in [0, 0.05) is 5.41 Å². The third-order valence-corrected chi connectivity index (χ3v) is 14.9. The molecular formula is C39H57F3O5S. The van der Waals surface area contributed by atoms with Gasteiger partial charge in [-0.1, -0.05) is 84.4 Å². The lowest BCUT2D eigenvalue weighted by Crippen LogP contribution is -2.64. The number of carbonyl (C=O) groups excluding carboxylic acids is 1. The summed E-state index contributed by atoms with van der Waals surface area (Å²) in [6, 6.07) is 9.55. The number of hydrogen-bond donors (Lipinski definition) is 0. The Morgan fingerprint density at radius 3 is 2.12 bits per heavy atom. The van der Waals surface area contributed by atoms with Crippen molar-refractivity contribution >= 4 is 16.6 Å². The van der Waals surface area contributed by atoms with Crippen LogP contribution >= 0.6 is 0 Å². The maximum atomic E-state index is 13.1. The van der Waals surface area contributed by atoms with E-state index in [9.17, 15) is 26.4 Å². The number of fused-ring (bicyclic) bond motifs is 7. The summed E-state index contributed by atoms with van der Waals surface area (Å²) in [4.78, 5) is 9.76. The molecule has 0 aromatic heterocycles. The fourth-order valence-corrected chi connectivity index (χ4v) is 12.1. The molecule has 4 saturated carbocycles. The number of ether oxygens (including phenoxy) is 1. The van der Waals surface area contributed by atoms with Gasteiger partial charge in [-0.05, 0) is 122 Å². The summed E-state index contributed by atoms with van der Waals surface area (Å²) in [6.07, 6.45) is 15.0. The summed E-state index contributed by atoms with van der Waals surface area (Å²) in [7, 11) is -5.67. The van der Waals surface area contributed by atoms with Gasteiger partial charge in [0.25, 0.3) is 6.47 Å². The van der Waals surface area contributed by atoms with Gasteiger partial charge in [-0.15, -0.1) is 6.58 Å². The number of rotatable bonds is 5. The maximum Gasteiger partial charge on any atom is 0.534 e. The molecule has 0 aliphatic heterocycles. The second-order valence-electron chi connectivity index (χ2n) is 16.6. The third-order valence-electron chi connectivity index (χ3n) is 13.9. The second-order valence-corrected chi connectivity index (χ2v) is 18.1. The number of halogens is 3. The van der Waals surface area contributed by atoms with Gasteiger partial charge in [0.1, 0.15) is 12.4 Å². The first-order valence-corrected chi connectivity index (χ1v) is 19.1. The van der Waals surface area contributed by atoms with Gasteiger partial charge in [-0.25, -0.2) is 0 Å². The van der Waals surface area contributed by atoms with Crippen LogP contribution in [0.3, 0.4) is 0 Å². The van der Waals surface area contributed by atoms with E-state index in [4.69, 9.17) is 4.18 Å². The summed E-state index contributed by atoms with van der Waals surface area (Å²) in [6.45, 7) is 19.8. The SMILES string of the molecule is C=CC.CC12CCCC1C1CCC3C4(C)CC=C(OS(=O)(=O)C(F)(F)F)C(C)(C)C4CCC3(C)[C@]1(C)CC2.O=COCc1ccccc1. The molecule has 0 amide bonds. The van der Waals surface area contributed by atoms with Crippen LogP contribution in [-0.4, -0.2) is 20.4 Å². The number of alkyl halides is 3. The number of benzene rings is 1. The molecular weight excluding hydrogens is 637 g/mol. The van der Waals surface area contributed by atoms with Crippen LogP contribution in [0.4, 0.5) is 13.2 Å². The van der Waals surface area contributed by atoms with Crippen LogP contribution < -0.4 is 0 Å². The smallest absolute Gasteiger partial charge is 0.463 e. The molecule has 9 heteroatoms. The van der Waals surface area contributed by atoms with Gasteiger partial charge in [0.05, 0.1) is 0 Å². The first kappa shape index (κ1) is 38.5. The summed E-state index contributed by atoms with van der Waals surface area (Å²) in [5.41, 5.74) is -4.31. The van der Waals surface area contributed by atoms with E-state index in [0.29, 0.717) is 30.8 Å². The Balaban J connectivity index is 0.000000337. The lowest BCUT2D eigenvalue weighted by molar-refractivity contribution is -0.224. The zero-order valence-electron chi connectivity index (χ0n) is 30.0. The van der Waals surface area contributed by atoms with Crippen molar-refractivity contribution in [2.75, 3.05) is 0 Å². The van der Waals surface area contributed by atoms with E-state index in [-0.39, 0.29) is 27.9 Å². The summed E-state index contributed by atoms with van der Waals surface area (Å²) >= 11 is 0. The Hall–Kier alpha value is -2.29. The van der Waals surface area contributed by atoms with Crippen molar-refractivity contribution in [3.63, 3.8) is 0 Å². The van der Waals surface area contributed by atoms with Crippen molar-refractivity contribution in [1.82, 2.24) is 0 Å². The van der Waals surface area contributed by atoms with Gasteiger partial charge in [0.15, 0.2) is 0 Å². The predicted molar refractivity (Wildman–Crippen MR) is 184 cm³/mol. The predicted octanol–water partition coefficient (Wildman–Crippen LogP) is 10.8. The van der Waals surface area contributed by atoms with E-state index in [1.807, 2.05) is 51.1 Å². The van der Waals surface area contributed by atoms with Crippen molar-refractivity contribution in [1.29, 1.82) is 0 Å². The lowest BCUT2D eigenvalue weighted by Gasteiger charge is -2.72. The van der Waals surface area contributed by atoms with Crippen molar-refractivity contribution in [2.24, 2.45) is 50.7 Å². The summed E-state index contributed by atoms with van der Waals surface area (Å²) in [5.74, 6) is 2.10. The lowest BCUT2D eigenvalue weighted by atomic mass is 9.33. The quantitative estimate of drug-likeness (QED) is 0.133. The van der Waals surface area contributed by atoms with Crippen LogP contribution in [0.25, 0.3) is 0 Å². The molecule has 0 saturated heterocycles. The molecule has 0 N–H and O–H groups in total. The molecule has 5 aliphatic carbocycles. The Morgan fingerprint density at radius 1 is 0.875 bits per heavy atom. The Labute approximate surface area is 287 Å².